The van der Waals surface area contributed by atoms with Gasteiger partial charge >= 0.3 is 0 Å². The minimum absolute atomic E-state index is 0. The smallest absolute Gasteiger partial charge is 0.300 e. The van der Waals surface area contributed by atoms with Gasteiger partial charge in [0, 0.05) is 61.5 Å². The fourth-order valence-electron chi connectivity index (χ4n) is 0. The van der Waals surface area contributed by atoms with Crippen molar-refractivity contribution in [2.75, 3.05) is 0 Å². The molecule has 112 valence electrons. The predicted molar refractivity (Wildman–Crippen MR) is 53.2 cm³/mol. The average molecular weight is 354 g/mol. The third-order valence-corrected chi connectivity index (χ3v) is 0. The van der Waals surface area contributed by atoms with Crippen molar-refractivity contribution in [3.63, 3.8) is 0 Å². The summed E-state index contributed by atoms with van der Waals surface area (Å²) in [5.41, 5.74) is 0. The van der Waals surface area contributed by atoms with Gasteiger partial charge in [-0.2, -0.15) is 0 Å². The maximum atomic E-state index is 9.00. The van der Waals surface area contributed by atoms with Crippen molar-refractivity contribution in [3.8, 4) is 0 Å². The predicted octanol–water partition coefficient (Wildman–Crippen LogP) is 0.359. The van der Waals surface area contributed by atoms with E-state index in [-0.39, 0.29) is 33.8 Å². The molecule has 0 fully saturated rings. The molecule has 8 nitrogen and oxygen atoms in total. The van der Waals surface area contributed by atoms with Gasteiger partial charge in [-0.25, -0.2) is 0 Å². The SMILES string of the molecule is CC(=O)O.CC(=O)O.CC(=O)O.CC(=O)O.[Co].[Mn]. The Hall–Kier alpha value is -1.09. The molecule has 0 spiro atoms. The second-order valence-electron chi connectivity index (χ2n) is 2.08. The second kappa shape index (κ2) is 29.7. The number of aliphatic carboxylic acids is 4. The van der Waals surface area contributed by atoms with Gasteiger partial charge in [0.25, 0.3) is 23.9 Å². The number of carboxylic acids is 4. The van der Waals surface area contributed by atoms with Crippen LogP contribution in [0.5, 0.6) is 0 Å². The molecule has 4 N–H and O–H groups in total. The fraction of sp³-hybridized carbons (Fsp3) is 0.500. The molecular weight excluding hydrogens is 338 g/mol. The third kappa shape index (κ3) is 2410. The molecule has 2 radical (unpaired) electrons. The molecule has 0 amide bonds. The second-order valence-corrected chi connectivity index (χ2v) is 2.08. The summed E-state index contributed by atoms with van der Waals surface area (Å²) in [6.45, 7) is 4.33. The van der Waals surface area contributed by atoms with Crippen LogP contribution in [0.15, 0.2) is 0 Å². The molecule has 0 aliphatic heterocycles. The number of hydrogen-bond donors (Lipinski definition) is 4. The van der Waals surface area contributed by atoms with Crippen molar-refractivity contribution in [1.82, 2.24) is 0 Å². The Kier molecular flexibility index (Phi) is 59.4. The molecule has 0 aliphatic rings. The molecule has 10 heteroatoms. The largest absolute Gasteiger partial charge is 0.481 e. The van der Waals surface area contributed by atoms with Gasteiger partial charge in [-0.1, -0.05) is 0 Å². The van der Waals surface area contributed by atoms with E-state index < -0.39 is 23.9 Å². The molecule has 0 aromatic rings. The maximum Gasteiger partial charge on any atom is 0.300 e. The van der Waals surface area contributed by atoms with E-state index in [1.807, 2.05) is 0 Å². The normalized spacial score (nSPS) is 5.56. The van der Waals surface area contributed by atoms with Crippen LogP contribution < -0.4 is 0 Å². The van der Waals surface area contributed by atoms with E-state index in [4.69, 9.17) is 39.6 Å². The molecule has 0 unspecified atom stereocenters. The minimum Gasteiger partial charge on any atom is -0.481 e. The van der Waals surface area contributed by atoms with Crippen LogP contribution in [0.3, 0.4) is 0 Å². The summed E-state index contributed by atoms with van der Waals surface area (Å²) in [5.74, 6) is -3.33. The van der Waals surface area contributed by atoms with Crippen LogP contribution in [-0.4, -0.2) is 44.3 Å². The zero-order valence-corrected chi connectivity index (χ0v) is 12.4. The molecule has 0 rings (SSSR count). The van der Waals surface area contributed by atoms with Gasteiger partial charge in [0.15, 0.2) is 0 Å². The van der Waals surface area contributed by atoms with Crippen molar-refractivity contribution in [2.45, 2.75) is 27.7 Å². The van der Waals surface area contributed by atoms with Crippen LogP contribution in [0.2, 0.25) is 0 Å². The Morgan fingerprint density at radius 1 is 0.556 bits per heavy atom. The van der Waals surface area contributed by atoms with E-state index in [1.165, 1.54) is 0 Å². The first-order valence-electron chi connectivity index (χ1n) is 3.71. The Morgan fingerprint density at radius 3 is 0.556 bits per heavy atom. The maximum absolute atomic E-state index is 9.00. The quantitative estimate of drug-likeness (QED) is 0.456. The summed E-state index contributed by atoms with van der Waals surface area (Å²) in [7, 11) is 0. The van der Waals surface area contributed by atoms with Gasteiger partial charge in [0.1, 0.15) is 0 Å². The Bertz CT molecular complexity index is 167. The molecular formula is C8H16CoMnO8. The van der Waals surface area contributed by atoms with E-state index in [0.717, 1.165) is 27.7 Å². The molecule has 18 heavy (non-hydrogen) atoms. The number of hydrogen-bond acceptors (Lipinski definition) is 4. The molecule has 0 bridgehead atoms. The van der Waals surface area contributed by atoms with Crippen LogP contribution in [0, 0.1) is 0 Å². The van der Waals surface area contributed by atoms with Crippen molar-refractivity contribution in [1.29, 1.82) is 0 Å². The van der Waals surface area contributed by atoms with Crippen molar-refractivity contribution in [2.24, 2.45) is 0 Å². The summed E-state index contributed by atoms with van der Waals surface area (Å²) in [4.78, 5) is 36.0. The van der Waals surface area contributed by atoms with Gasteiger partial charge in [0.2, 0.25) is 0 Å². The van der Waals surface area contributed by atoms with Gasteiger partial charge in [0.05, 0.1) is 0 Å². The van der Waals surface area contributed by atoms with Crippen LogP contribution in [-0.2, 0) is 53.0 Å². The first-order chi connectivity index (χ1) is 6.93. The fourth-order valence-corrected chi connectivity index (χ4v) is 0. The van der Waals surface area contributed by atoms with Crippen molar-refractivity contribution < 1.29 is 73.5 Å². The van der Waals surface area contributed by atoms with Crippen LogP contribution >= 0.6 is 0 Å². The van der Waals surface area contributed by atoms with E-state index in [0.29, 0.717) is 0 Å². The van der Waals surface area contributed by atoms with Crippen LogP contribution in [0.25, 0.3) is 0 Å². The van der Waals surface area contributed by atoms with E-state index in [1.54, 1.807) is 0 Å². The summed E-state index contributed by atoms with van der Waals surface area (Å²) >= 11 is 0. The van der Waals surface area contributed by atoms with Gasteiger partial charge in [-0.3, -0.25) is 19.2 Å². The Morgan fingerprint density at radius 2 is 0.556 bits per heavy atom. The average Bonchev–Trinajstić information content (AvgIpc) is 1.76. The standard InChI is InChI=1S/4C2H4O2.Co.Mn/c4*1-2(3)4;;/h4*1H3,(H,3,4);;. The summed E-state index contributed by atoms with van der Waals surface area (Å²) in [5, 5.41) is 29.7. The Balaban J connectivity index is -0.0000000257. The number of carboxylic acid groups (broad SMARTS) is 4. The monoisotopic (exact) mass is 354 g/mol. The van der Waals surface area contributed by atoms with Gasteiger partial charge in [-0.05, 0) is 0 Å². The van der Waals surface area contributed by atoms with Crippen molar-refractivity contribution in [3.05, 3.63) is 0 Å². The van der Waals surface area contributed by atoms with E-state index >= 15 is 0 Å². The summed E-state index contributed by atoms with van der Waals surface area (Å²) < 4.78 is 0. The Labute approximate surface area is 125 Å². The zero-order chi connectivity index (χ0) is 14.3. The molecule has 0 aromatic heterocycles. The van der Waals surface area contributed by atoms with Crippen molar-refractivity contribution >= 4 is 23.9 Å². The number of rotatable bonds is 0. The number of carbonyl (C=O) groups is 4. The van der Waals surface area contributed by atoms with Gasteiger partial charge in [-0.15, -0.1) is 0 Å². The van der Waals surface area contributed by atoms with Crippen LogP contribution in [0.1, 0.15) is 27.7 Å². The molecule has 0 saturated heterocycles. The molecule has 0 heterocycles. The molecule has 0 saturated carbocycles. The summed E-state index contributed by atoms with van der Waals surface area (Å²) in [6.07, 6.45) is 0. The van der Waals surface area contributed by atoms with Crippen LogP contribution in [0.4, 0.5) is 0 Å². The van der Waals surface area contributed by atoms with Gasteiger partial charge < -0.3 is 20.4 Å². The topological polar surface area (TPSA) is 149 Å². The minimum atomic E-state index is -0.833. The summed E-state index contributed by atoms with van der Waals surface area (Å²) in [6, 6.07) is 0. The molecule has 0 aliphatic carbocycles. The zero-order valence-electron chi connectivity index (χ0n) is 10.1. The third-order valence-electron chi connectivity index (χ3n) is 0. The van der Waals surface area contributed by atoms with E-state index in [9.17, 15) is 0 Å². The van der Waals surface area contributed by atoms with E-state index in [2.05, 4.69) is 0 Å². The molecule has 0 aromatic carbocycles. The molecule has 0 atom stereocenters. The first-order valence-corrected chi connectivity index (χ1v) is 3.71. The first kappa shape index (κ1) is 36.0.